The summed E-state index contributed by atoms with van der Waals surface area (Å²) in [6, 6.07) is 19.8. The van der Waals surface area contributed by atoms with Gasteiger partial charge in [-0.05, 0) is 61.0 Å². The van der Waals surface area contributed by atoms with Crippen molar-refractivity contribution in [1.82, 2.24) is 5.32 Å². The minimum Gasteiger partial charge on any atom is -0.493 e. The molecule has 0 fully saturated rings. The van der Waals surface area contributed by atoms with Crippen molar-refractivity contribution in [3.8, 4) is 11.5 Å². The fourth-order valence-corrected chi connectivity index (χ4v) is 3.07. The van der Waals surface area contributed by atoms with E-state index in [0.29, 0.717) is 40.3 Å². The third kappa shape index (κ3) is 5.89. The lowest BCUT2D eigenvalue weighted by molar-refractivity contribution is 0.0950. The summed E-state index contributed by atoms with van der Waals surface area (Å²) < 4.78 is 11.5. The Kier molecular flexibility index (Phi) is 7.39. The van der Waals surface area contributed by atoms with Gasteiger partial charge in [0.2, 0.25) is 0 Å². The second kappa shape index (κ2) is 10.2. The van der Waals surface area contributed by atoms with Crippen LogP contribution in [0.15, 0.2) is 66.7 Å². The quantitative estimate of drug-likeness (QED) is 0.484. The standard InChI is InChI=1S/C23H21Cl2NO3/c1-2-28-22-12-7-16(23(27)26-14-17-5-3-4-6-21(17)25)13-18(22)15-29-20-10-8-19(24)9-11-20/h3-13H,2,14-15H2,1H3,(H,26,27). The molecule has 0 aliphatic heterocycles. The Balaban J connectivity index is 1.71. The zero-order chi connectivity index (χ0) is 20.6. The van der Waals surface area contributed by atoms with Crippen molar-refractivity contribution in [3.05, 3.63) is 93.5 Å². The smallest absolute Gasteiger partial charge is 0.251 e. The summed E-state index contributed by atoms with van der Waals surface area (Å²) in [7, 11) is 0. The number of benzene rings is 3. The molecule has 4 nitrogen and oxygen atoms in total. The van der Waals surface area contributed by atoms with Crippen LogP contribution >= 0.6 is 23.2 Å². The molecular weight excluding hydrogens is 409 g/mol. The van der Waals surface area contributed by atoms with Crippen LogP contribution in [0.4, 0.5) is 0 Å². The number of rotatable bonds is 8. The zero-order valence-corrected chi connectivity index (χ0v) is 17.5. The summed E-state index contributed by atoms with van der Waals surface area (Å²) in [5.74, 6) is 1.18. The molecule has 6 heteroatoms. The van der Waals surface area contributed by atoms with Crippen molar-refractivity contribution < 1.29 is 14.3 Å². The normalized spacial score (nSPS) is 10.4. The van der Waals surface area contributed by atoms with E-state index in [0.717, 1.165) is 11.1 Å². The molecule has 1 N–H and O–H groups in total. The molecule has 0 atom stereocenters. The average Bonchev–Trinajstić information content (AvgIpc) is 2.73. The highest BCUT2D eigenvalue weighted by atomic mass is 35.5. The zero-order valence-electron chi connectivity index (χ0n) is 16.0. The van der Waals surface area contributed by atoms with Gasteiger partial charge in [-0.15, -0.1) is 0 Å². The summed E-state index contributed by atoms with van der Waals surface area (Å²) in [4.78, 5) is 12.6. The number of amides is 1. The van der Waals surface area contributed by atoms with Crippen molar-refractivity contribution in [3.63, 3.8) is 0 Å². The Labute approximate surface area is 180 Å². The number of nitrogens with one attached hydrogen (secondary N) is 1. The number of hydrogen-bond acceptors (Lipinski definition) is 3. The Morgan fingerprint density at radius 2 is 1.69 bits per heavy atom. The monoisotopic (exact) mass is 429 g/mol. The molecule has 150 valence electrons. The van der Waals surface area contributed by atoms with Gasteiger partial charge in [0.1, 0.15) is 18.1 Å². The van der Waals surface area contributed by atoms with E-state index in [1.54, 1.807) is 48.5 Å². The van der Waals surface area contributed by atoms with Crippen LogP contribution in [0.5, 0.6) is 11.5 Å². The van der Waals surface area contributed by atoms with E-state index in [4.69, 9.17) is 32.7 Å². The van der Waals surface area contributed by atoms with Crippen molar-refractivity contribution in [2.45, 2.75) is 20.1 Å². The fraction of sp³-hybridized carbons (Fsp3) is 0.174. The molecule has 0 unspecified atom stereocenters. The second-order valence-corrected chi connectivity index (χ2v) is 7.12. The van der Waals surface area contributed by atoms with Crippen LogP contribution in [0.2, 0.25) is 10.0 Å². The fourth-order valence-electron chi connectivity index (χ4n) is 2.74. The molecule has 0 heterocycles. The van der Waals surface area contributed by atoms with E-state index in [9.17, 15) is 4.79 Å². The first kappa shape index (κ1) is 21.0. The maximum Gasteiger partial charge on any atom is 0.251 e. The predicted octanol–water partition coefficient (Wildman–Crippen LogP) is 5.90. The molecule has 3 aromatic carbocycles. The minimum absolute atomic E-state index is 0.194. The van der Waals surface area contributed by atoms with E-state index in [2.05, 4.69) is 5.32 Å². The molecule has 0 aromatic heterocycles. The Bertz CT molecular complexity index is 974. The van der Waals surface area contributed by atoms with Crippen molar-refractivity contribution in [2.24, 2.45) is 0 Å². The molecule has 0 saturated heterocycles. The van der Waals surface area contributed by atoms with E-state index in [1.165, 1.54) is 0 Å². The van der Waals surface area contributed by atoms with Crippen LogP contribution in [0.1, 0.15) is 28.4 Å². The average molecular weight is 430 g/mol. The lowest BCUT2D eigenvalue weighted by atomic mass is 10.1. The van der Waals surface area contributed by atoms with Crippen molar-refractivity contribution in [2.75, 3.05) is 6.61 Å². The van der Waals surface area contributed by atoms with Gasteiger partial charge in [0.15, 0.2) is 0 Å². The molecule has 0 aliphatic rings. The van der Waals surface area contributed by atoms with Crippen LogP contribution in [-0.4, -0.2) is 12.5 Å². The molecule has 0 bridgehead atoms. The van der Waals surface area contributed by atoms with Gasteiger partial charge in [-0.1, -0.05) is 41.4 Å². The van der Waals surface area contributed by atoms with Gasteiger partial charge >= 0.3 is 0 Å². The van der Waals surface area contributed by atoms with Crippen LogP contribution in [0.25, 0.3) is 0 Å². The first-order chi connectivity index (χ1) is 14.1. The third-order valence-corrected chi connectivity index (χ3v) is 4.85. The molecule has 3 aromatic rings. The van der Waals surface area contributed by atoms with Crippen LogP contribution < -0.4 is 14.8 Å². The maximum absolute atomic E-state index is 12.6. The first-order valence-electron chi connectivity index (χ1n) is 9.22. The Morgan fingerprint density at radius 3 is 2.41 bits per heavy atom. The number of carbonyl (C=O) groups is 1. The molecule has 29 heavy (non-hydrogen) atoms. The number of hydrogen-bond donors (Lipinski definition) is 1. The molecule has 3 rings (SSSR count). The van der Waals surface area contributed by atoms with E-state index in [1.807, 2.05) is 25.1 Å². The van der Waals surface area contributed by atoms with Crippen LogP contribution in [0.3, 0.4) is 0 Å². The number of halogens is 2. The van der Waals surface area contributed by atoms with E-state index in [-0.39, 0.29) is 12.5 Å². The lowest BCUT2D eigenvalue weighted by Crippen LogP contribution is -2.23. The van der Waals surface area contributed by atoms with Gasteiger partial charge in [-0.2, -0.15) is 0 Å². The van der Waals surface area contributed by atoms with Crippen LogP contribution in [0, 0.1) is 0 Å². The lowest BCUT2D eigenvalue weighted by Gasteiger charge is -2.14. The summed E-state index contributed by atoms with van der Waals surface area (Å²) in [6.45, 7) is 3.05. The highest BCUT2D eigenvalue weighted by molar-refractivity contribution is 6.31. The number of carbonyl (C=O) groups excluding carboxylic acids is 1. The highest BCUT2D eigenvalue weighted by Crippen LogP contribution is 2.24. The maximum atomic E-state index is 12.6. The molecule has 0 aliphatic carbocycles. The largest absolute Gasteiger partial charge is 0.493 e. The second-order valence-electron chi connectivity index (χ2n) is 6.27. The summed E-state index contributed by atoms with van der Waals surface area (Å²) in [5.41, 5.74) is 2.17. The number of ether oxygens (including phenoxy) is 2. The van der Waals surface area contributed by atoms with Gasteiger partial charge in [0.25, 0.3) is 5.91 Å². The minimum atomic E-state index is -0.194. The molecule has 1 amide bonds. The van der Waals surface area contributed by atoms with Gasteiger partial charge in [0, 0.05) is 27.7 Å². The van der Waals surface area contributed by atoms with Crippen LogP contribution in [-0.2, 0) is 13.2 Å². The SMILES string of the molecule is CCOc1ccc(C(=O)NCc2ccccc2Cl)cc1COc1ccc(Cl)cc1. The van der Waals surface area contributed by atoms with E-state index < -0.39 is 0 Å². The Morgan fingerprint density at radius 1 is 0.931 bits per heavy atom. The summed E-state index contributed by atoms with van der Waals surface area (Å²) >= 11 is 12.1. The highest BCUT2D eigenvalue weighted by Gasteiger charge is 2.12. The summed E-state index contributed by atoms with van der Waals surface area (Å²) in [5, 5.41) is 4.16. The third-order valence-electron chi connectivity index (χ3n) is 4.23. The predicted molar refractivity (Wildman–Crippen MR) is 116 cm³/mol. The topological polar surface area (TPSA) is 47.6 Å². The molecule has 0 spiro atoms. The van der Waals surface area contributed by atoms with Gasteiger partial charge < -0.3 is 14.8 Å². The molecule has 0 saturated carbocycles. The van der Waals surface area contributed by atoms with Gasteiger partial charge in [-0.25, -0.2) is 0 Å². The van der Waals surface area contributed by atoms with Crippen molar-refractivity contribution >= 4 is 29.1 Å². The molecule has 0 radical (unpaired) electrons. The van der Waals surface area contributed by atoms with Crippen molar-refractivity contribution in [1.29, 1.82) is 0 Å². The van der Waals surface area contributed by atoms with E-state index >= 15 is 0 Å². The molecular formula is C23H21Cl2NO3. The summed E-state index contributed by atoms with van der Waals surface area (Å²) in [6.07, 6.45) is 0. The Hall–Kier alpha value is -2.69. The van der Waals surface area contributed by atoms with Gasteiger partial charge in [-0.3, -0.25) is 4.79 Å². The first-order valence-corrected chi connectivity index (χ1v) is 9.98. The van der Waals surface area contributed by atoms with Gasteiger partial charge in [0.05, 0.1) is 6.61 Å².